The fraction of sp³-hybridized carbons (Fsp3) is 0.444. The molecule has 0 spiro atoms. The summed E-state index contributed by atoms with van der Waals surface area (Å²) >= 11 is 0. The maximum atomic E-state index is 5.50. The summed E-state index contributed by atoms with van der Waals surface area (Å²) in [4.78, 5) is 4.05. The summed E-state index contributed by atoms with van der Waals surface area (Å²) in [5.74, 6) is 0. The molecule has 2 nitrogen and oxygen atoms in total. The van der Waals surface area contributed by atoms with Gasteiger partial charge in [0.2, 0.25) is 0 Å². The highest BCUT2D eigenvalue weighted by atomic mass is 16.5. The van der Waals surface area contributed by atoms with Gasteiger partial charge in [-0.3, -0.25) is 4.98 Å². The number of ether oxygens (including phenoxy) is 1. The van der Waals surface area contributed by atoms with E-state index in [0.29, 0.717) is 6.10 Å². The van der Waals surface area contributed by atoms with Crippen molar-refractivity contribution in [1.82, 2.24) is 4.98 Å². The van der Waals surface area contributed by atoms with Crippen molar-refractivity contribution in [2.45, 2.75) is 18.9 Å². The maximum absolute atomic E-state index is 5.50. The van der Waals surface area contributed by atoms with Crippen LogP contribution in [0.15, 0.2) is 24.5 Å². The van der Waals surface area contributed by atoms with Crippen molar-refractivity contribution >= 4 is 0 Å². The Morgan fingerprint density at radius 1 is 1.55 bits per heavy atom. The van der Waals surface area contributed by atoms with Crippen LogP contribution in [0.25, 0.3) is 0 Å². The van der Waals surface area contributed by atoms with Crippen LogP contribution < -0.4 is 0 Å². The second-order valence-electron chi connectivity index (χ2n) is 2.79. The molecule has 0 unspecified atom stereocenters. The molecule has 0 N–H and O–H groups in total. The lowest BCUT2D eigenvalue weighted by atomic mass is 10.1. The zero-order valence-electron chi connectivity index (χ0n) is 6.36. The Morgan fingerprint density at radius 3 is 3.18 bits per heavy atom. The molecule has 0 bridgehead atoms. The quantitative estimate of drug-likeness (QED) is 0.608. The van der Waals surface area contributed by atoms with Gasteiger partial charge in [-0.2, -0.15) is 0 Å². The van der Waals surface area contributed by atoms with Gasteiger partial charge in [-0.1, -0.05) is 6.07 Å². The van der Waals surface area contributed by atoms with E-state index in [1.165, 1.54) is 12.0 Å². The fourth-order valence-corrected chi connectivity index (χ4v) is 1.41. The van der Waals surface area contributed by atoms with Gasteiger partial charge in [-0.05, 0) is 24.5 Å². The van der Waals surface area contributed by atoms with Gasteiger partial charge < -0.3 is 4.74 Å². The highest BCUT2D eigenvalue weighted by Crippen LogP contribution is 2.27. The van der Waals surface area contributed by atoms with E-state index >= 15 is 0 Å². The third-order valence-corrected chi connectivity index (χ3v) is 1.99. The molecule has 1 atom stereocenters. The predicted octanol–water partition coefficient (Wildman–Crippen LogP) is 1.93. The minimum atomic E-state index is 0.309. The molecule has 0 amide bonds. The number of aromatic nitrogens is 1. The third-order valence-electron chi connectivity index (χ3n) is 1.99. The Bertz CT molecular complexity index is 216. The van der Waals surface area contributed by atoms with Gasteiger partial charge in [0.05, 0.1) is 6.10 Å². The molecule has 1 aliphatic heterocycles. The number of hydrogen-bond donors (Lipinski definition) is 0. The minimum absolute atomic E-state index is 0.309. The summed E-state index contributed by atoms with van der Waals surface area (Å²) in [5, 5.41) is 0. The molecular formula is C9H11NO. The fourth-order valence-electron chi connectivity index (χ4n) is 1.41. The minimum Gasteiger partial charge on any atom is -0.373 e. The van der Waals surface area contributed by atoms with Crippen LogP contribution in [0.5, 0.6) is 0 Å². The van der Waals surface area contributed by atoms with Crippen molar-refractivity contribution in [2.75, 3.05) is 6.61 Å². The molecule has 1 saturated heterocycles. The van der Waals surface area contributed by atoms with E-state index < -0.39 is 0 Å². The smallest absolute Gasteiger partial charge is 0.0840 e. The lowest BCUT2D eigenvalue weighted by molar-refractivity contribution is 0.111. The first-order chi connectivity index (χ1) is 5.47. The number of rotatable bonds is 1. The van der Waals surface area contributed by atoms with E-state index in [1.54, 1.807) is 6.20 Å². The van der Waals surface area contributed by atoms with Crippen LogP contribution in [0, 0.1) is 0 Å². The van der Waals surface area contributed by atoms with Crippen LogP contribution in [0.1, 0.15) is 24.5 Å². The van der Waals surface area contributed by atoms with Crippen LogP contribution in [0.3, 0.4) is 0 Å². The lowest BCUT2D eigenvalue weighted by Crippen LogP contribution is -1.95. The molecule has 0 saturated carbocycles. The monoisotopic (exact) mass is 149 g/mol. The van der Waals surface area contributed by atoms with Crippen molar-refractivity contribution in [3.05, 3.63) is 30.1 Å². The Morgan fingerprint density at radius 2 is 2.55 bits per heavy atom. The second kappa shape index (κ2) is 3.01. The van der Waals surface area contributed by atoms with Gasteiger partial charge in [-0.15, -0.1) is 0 Å². The van der Waals surface area contributed by atoms with Gasteiger partial charge in [0.1, 0.15) is 0 Å². The van der Waals surface area contributed by atoms with Gasteiger partial charge >= 0.3 is 0 Å². The average Bonchev–Trinajstić information content (AvgIpc) is 2.58. The number of nitrogens with zero attached hydrogens (tertiary/aromatic N) is 1. The number of pyridine rings is 1. The SMILES string of the molecule is c1cncc([C@H]2CCCO2)c1. The molecular weight excluding hydrogens is 138 g/mol. The summed E-state index contributed by atoms with van der Waals surface area (Å²) in [5.41, 5.74) is 1.21. The molecule has 1 aromatic heterocycles. The van der Waals surface area contributed by atoms with Gasteiger partial charge in [-0.25, -0.2) is 0 Å². The summed E-state index contributed by atoms with van der Waals surface area (Å²) in [6.07, 6.45) is 6.31. The van der Waals surface area contributed by atoms with Crippen molar-refractivity contribution < 1.29 is 4.74 Å². The molecule has 0 radical (unpaired) electrons. The Kier molecular flexibility index (Phi) is 1.86. The highest BCUT2D eigenvalue weighted by Gasteiger charge is 2.16. The zero-order chi connectivity index (χ0) is 7.52. The topological polar surface area (TPSA) is 22.1 Å². The van der Waals surface area contributed by atoms with Gasteiger partial charge in [0, 0.05) is 19.0 Å². The molecule has 1 fully saturated rings. The standard InChI is InChI=1S/C9H11NO/c1-3-8(7-10-5-1)9-4-2-6-11-9/h1,3,5,7,9H,2,4,6H2/t9-/m1/s1. The van der Waals surface area contributed by atoms with E-state index in [1.807, 2.05) is 12.3 Å². The molecule has 0 aliphatic carbocycles. The molecule has 2 rings (SSSR count). The first-order valence-electron chi connectivity index (χ1n) is 3.98. The molecule has 1 aliphatic rings. The van der Waals surface area contributed by atoms with E-state index in [0.717, 1.165) is 13.0 Å². The predicted molar refractivity (Wildman–Crippen MR) is 42.2 cm³/mol. The summed E-state index contributed by atoms with van der Waals surface area (Å²) in [6, 6.07) is 4.03. The third kappa shape index (κ3) is 1.40. The molecule has 2 heterocycles. The number of hydrogen-bond acceptors (Lipinski definition) is 2. The Labute approximate surface area is 66.2 Å². The van der Waals surface area contributed by atoms with Crippen LogP contribution in [0.2, 0.25) is 0 Å². The van der Waals surface area contributed by atoms with Crippen LogP contribution >= 0.6 is 0 Å². The largest absolute Gasteiger partial charge is 0.373 e. The van der Waals surface area contributed by atoms with E-state index in [2.05, 4.69) is 11.1 Å². The van der Waals surface area contributed by atoms with E-state index in [4.69, 9.17) is 4.74 Å². The van der Waals surface area contributed by atoms with Crippen LogP contribution in [0.4, 0.5) is 0 Å². The summed E-state index contributed by atoms with van der Waals surface area (Å²) < 4.78 is 5.50. The first kappa shape index (κ1) is 6.80. The molecule has 2 heteroatoms. The average molecular weight is 149 g/mol. The van der Waals surface area contributed by atoms with Crippen LogP contribution in [-0.2, 0) is 4.74 Å². The molecule has 1 aromatic rings. The summed E-state index contributed by atoms with van der Waals surface area (Å²) in [6.45, 7) is 0.902. The molecule has 11 heavy (non-hydrogen) atoms. The second-order valence-corrected chi connectivity index (χ2v) is 2.79. The van der Waals surface area contributed by atoms with E-state index in [9.17, 15) is 0 Å². The highest BCUT2D eigenvalue weighted by molar-refractivity contribution is 5.12. The van der Waals surface area contributed by atoms with Gasteiger partial charge in [0.15, 0.2) is 0 Å². The van der Waals surface area contributed by atoms with E-state index in [-0.39, 0.29) is 0 Å². The van der Waals surface area contributed by atoms with Crippen molar-refractivity contribution in [1.29, 1.82) is 0 Å². The van der Waals surface area contributed by atoms with Crippen molar-refractivity contribution in [3.8, 4) is 0 Å². The lowest BCUT2D eigenvalue weighted by Gasteiger charge is -2.07. The zero-order valence-corrected chi connectivity index (χ0v) is 6.36. The van der Waals surface area contributed by atoms with Gasteiger partial charge in [0.25, 0.3) is 0 Å². The first-order valence-corrected chi connectivity index (χ1v) is 3.98. The van der Waals surface area contributed by atoms with Crippen molar-refractivity contribution in [2.24, 2.45) is 0 Å². The Balaban J connectivity index is 2.16. The molecule has 0 aromatic carbocycles. The molecule has 58 valence electrons. The maximum Gasteiger partial charge on any atom is 0.0840 e. The Hall–Kier alpha value is -0.890. The van der Waals surface area contributed by atoms with Crippen molar-refractivity contribution in [3.63, 3.8) is 0 Å². The normalized spacial score (nSPS) is 23.8. The summed E-state index contributed by atoms with van der Waals surface area (Å²) in [7, 11) is 0. The van der Waals surface area contributed by atoms with Crippen LogP contribution in [-0.4, -0.2) is 11.6 Å².